The van der Waals surface area contributed by atoms with E-state index in [2.05, 4.69) is 24.5 Å². The van der Waals surface area contributed by atoms with Crippen molar-refractivity contribution in [1.29, 1.82) is 0 Å². The molecular weight excluding hydrogens is 550 g/mol. The molecule has 0 unspecified atom stereocenters. The van der Waals surface area contributed by atoms with Gasteiger partial charge < -0.3 is 29.5 Å². The minimum absolute atomic E-state index is 0. The van der Waals surface area contributed by atoms with Crippen LogP contribution in [-0.2, 0) is 19.7 Å². The fourth-order valence-electron chi connectivity index (χ4n) is 5.50. The summed E-state index contributed by atoms with van der Waals surface area (Å²) in [6, 6.07) is 3.52. The minimum Gasteiger partial charge on any atom is -0.870 e. The zero-order valence-corrected chi connectivity index (χ0v) is 24.4. The molecule has 0 bridgehead atoms. The number of benzene rings is 1. The van der Waals surface area contributed by atoms with Crippen molar-refractivity contribution in [3.05, 3.63) is 42.1 Å². The quantitative estimate of drug-likeness (QED) is 0.274. The summed E-state index contributed by atoms with van der Waals surface area (Å²) in [5.41, 5.74) is 0.212. The van der Waals surface area contributed by atoms with Crippen LogP contribution in [0.2, 0.25) is 0 Å². The molecule has 0 amide bonds. The molecule has 0 saturated carbocycles. The molecule has 3 aliphatic rings. The number of carbonyl (C=O) groups excluding carboxylic acids is 1. The molecule has 4 heterocycles. The standard InChI is InChI=1S/C26H34FN6O5S.Li.H2O/c1-31(2)39(35,36)30-21-4-5-22(37-15-21)13-32-9-7-26(8-10-32)16-33(17-26)25-24(12-28-18-29-25)38-23-6-3-20(27)11-19(23)14-34;;/h3,6,11-12,18,21-22,30H,4-5,7-10,13,15-17H2,1-2H3;;1H2/q-1;+1;/p-1/t21-,22+;;/m1../s1. The van der Waals surface area contributed by atoms with Gasteiger partial charge in [0, 0.05) is 50.9 Å². The van der Waals surface area contributed by atoms with Crippen molar-refractivity contribution in [3.8, 4) is 11.5 Å². The summed E-state index contributed by atoms with van der Waals surface area (Å²) in [5.74, 6) is 0.730. The number of aromatic nitrogens is 2. The Hall–Kier alpha value is -2.15. The van der Waals surface area contributed by atoms with Gasteiger partial charge in [-0.1, -0.05) is 6.07 Å². The van der Waals surface area contributed by atoms with Crippen LogP contribution in [0.1, 0.15) is 31.2 Å². The second-order valence-electron chi connectivity index (χ2n) is 10.8. The minimum atomic E-state index is -3.46. The van der Waals surface area contributed by atoms with Gasteiger partial charge >= 0.3 is 18.9 Å². The van der Waals surface area contributed by atoms with E-state index >= 15 is 0 Å². The van der Waals surface area contributed by atoms with Gasteiger partial charge in [0.05, 0.1) is 31.0 Å². The summed E-state index contributed by atoms with van der Waals surface area (Å²) in [7, 11) is -0.435. The van der Waals surface area contributed by atoms with Crippen molar-refractivity contribution in [2.24, 2.45) is 5.41 Å². The van der Waals surface area contributed by atoms with Crippen LogP contribution in [0.25, 0.3) is 0 Å². The van der Waals surface area contributed by atoms with E-state index in [1.54, 1.807) is 12.5 Å². The van der Waals surface area contributed by atoms with Gasteiger partial charge in [-0.2, -0.15) is 17.4 Å². The molecule has 2 aromatic rings. The summed E-state index contributed by atoms with van der Waals surface area (Å²) < 4.78 is 53.4. The third-order valence-corrected chi connectivity index (χ3v) is 9.42. The van der Waals surface area contributed by atoms with Gasteiger partial charge in [0.15, 0.2) is 11.6 Å². The maximum absolute atomic E-state index is 13.5. The van der Waals surface area contributed by atoms with Gasteiger partial charge in [0.2, 0.25) is 0 Å². The molecule has 3 saturated heterocycles. The number of halogens is 1. The van der Waals surface area contributed by atoms with E-state index in [9.17, 15) is 17.6 Å². The van der Waals surface area contributed by atoms with Crippen molar-refractivity contribution in [2.45, 2.75) is 37.8 Å². The maximum atomic E-state index is 13.5. The first-order valence-corrected chi connectivity index (χ1v) is 14.5. The number of anilines is 1. The number of piperidine rings is 1. The second-order valence-corrected chi connectivity index (χ2v) is 12.8. The average molecular weight is 586 g/mol. The average Bonchev–Trinajstić information content (AvgIpc) is 2.90. The molecule has 2 N–H and O–H groups in total. The molecule has 5 rings (SSSR count). The number of hydrogen-bond donors (Lipinski definition) is 1. The normalized spacial score (nSPS) is 22.4. The molecule has 220 valence electrons. The van der Waals surface area contributed by atoms with Gasteiger partial charge in [0.25, 0.3) is 10.2 Å². The summed E-state index contributed by atoms with van der Waals surface area (Å²) in [6.07, 6.45) is 8.55. The first-order chi connectivity index (χ1) is 18.7. The molecule has 1 aromatic heterocycles. The Morgan fingerprint density at radius 1 is 1.22 bits per heavy atom. The predicted octanol–water partition coefficient (Wildman–Crippen LogP) is -1.46. The number of hydrogen-bond acceptors (Lipinski definition) is 10. The summed E-state index contributed by atoms with van der Waals surface area (Å²) in [5, 5.41) is 0. The number of nitrogens with zero attached hydrogens (tertiary/aromatic N) is 5. The monoisotopic (exact) mass is 585 g/mol. The van der Waals surface area contributed by atoms with Crippen LogP contribution >= 0.6 is 0 Å². The van der Waals surface area contributed by atoms with E-state index in [0.29, 0.717) is 18.2 Å². The Labute approximate surface area is 252 Å². The van der Waals surface area contributed by atoms with Gasteiger partial charge in [-0.05, 0) is 44.8 Å². The molecule has 3 aliphatic heterocycles. The number of ether oxygens (including phenoxy) is 2. The van der Waals surface area contributed by atoms with Crippen molar-refractivity contribution >= 4 is 22.3 Å². The first kappa shape index (κ1) is 33.4. The van der Waals surface area contributed by atoms with Gasteiger partial charge in [-0.3, -0.25) is 0 Å². The third kappa shape index (κ3) is 7.82. The molecule has 0 radical (unpaired) electrons. The van der Waals surface area contributed by atoms with Crippen LogP contribution in [-0.4, -0.2) is 105 Å². The molecule has 41 heavy (non-hydrogen) atoms. The summed E-state index contributed by atoms with van der Waals surface area (Å²) in [4.78, 5) is 24.3. The first-order valence-electron chi connectivity index (χ1n) is 13.1. The summed E-state index contributed by atoms with van der Waals surface area (Å²) >= 11 is 0. The van der Waals surface area contributed by atoms with Crippen molar-refractivity contribution in [3.63, 3.8) is 0 Å². The summed E-state index contributed by atoms with van der Waals surface area (Å²) in [6.45, 7) is 4.88. The third-order valence-electron chi connectivity index (χ3n) is 7.83. The maximum Gasteiger partial charge on any atom is 1.00 e. The predicted molar refractivity (Wildman–Crippen MR) is 144 cm³/mol. The van der Waals surface area contributed by atoms with Crippen LogP contribution in [0.4, 0.5) is 10.2 Å². The molecule has 15 heteroatoms. The Balaban J connectivity index is 0.00000231. The number of nitrogens with one attached hydrogen (secondary N) is 1. The molecule has 3 fully saturated rings. The topological polar surface area (TPSA) is 147 Å². The van der Waals surface area contributed by atoms with E-state index in [1.165, 1.54) is 36.9 Å². The Morgan fingerprint density at radius 3 is 2.59 bits per heavy atom. The molecule has 1 spiro atoms. The van der Waals surface area contributed by atoms with E-state index < -0.39 is 16.0 Å². The van der Waals surface area contributed by atoms with Crippen LogP contribution in [0.15, 0.2) is 30.7 Å². The Kier molecular flexibility index (Phi) is 11.3. The largest absolute Gasteiger partial charge is 1.00 e. The molecule has 1 aromatic carbocycles. The van der Waals surface area contributed by atoms with Gasteiger partial charge in [-0.15, -0.1) is 11.6 Å². The smallest absolute Gasteiger partial charge is 0.870 e. The van der Waals surface area contributed by atoms with Gasteiger partial charge in [-0.25, -0.2) is 14.4 Å². The van der Waals surface area contributed by atoms with E-state index in [1.807, 2.05) is 0 Å². The number of rotatable bonds is 9. The van der Waals surface area contributed by atoms with Gasteiger partial charge in [0.1, 0.15) is 6.33 Å². The number of likely N-dealkylation sites (tertiary alicyclic amines) is 1. The zero-order chi connectivity index (χ0) is 27.6. The fraction of sp³-hybridized carbons (Fsp3) is 0.577. The van der Waals surface area contributed by atoms with Crippen molar-refractivity contribution < 1.29 is 51.4 Å². The van der Waals surface area contributed by atoms with Crippen LogP contribution in [0, 0.1) is 11.2 Å². The fourth-order valence-corrected chi connectivity index (χ4v) is 6.31. The molecular formula is C26H35FLiN6O6S-. The zero-order valence-electron chi connectivity index (χ0n) is 23.6. The van der Waals surface area contributed by atoms with Crippen LogP contribution in [0.5, 0.6) is 11.5 Å². The second kappa shape index (κ2) is 13.9. The van der Waals surface area contributed by atoms with Crippen molar-refractivity contribution in [2.75, 3.05) is 58.3 Å². The van der Waals surface area contributed by atoms with E-state index in [0.717, 1.165) is 64.5 Å². The van der Waals surface area contributed by atoms with E-state index in [-0.39, 0.29) is 53.2 Å². The van der Waals surface area contributed by atoms with Crippen LogP contribution in [0.3, 0.4) is 0 Å². The van der Waals surface area contributed by atoms with E-state index in [4.69, 9.17) is 9.47 Å². The molecule has 12 nitrogen and oxygen atoms in total. The molecule has 0 aliphatic carbocycles. The van der Waals surface area contributed by atoms with Crippen molar-refractivity contribution in [1.82, 2.24) is 23.9 Å². The molecule has 2 atom stereocenters. The van der Waals surface area contributed by atoms with Crippen LogP contribution < -0.4 is 33.2 Å². The Morgan fingerprint density at radius 2 is 1.95 bits per heavy atom. The SMILES string of the molecule is CN(C)S(=O)(=O)N[C@@H]1CC[C@@H](CN2CCC3(CC2)CN(c2ncncc2Oc2ccc(F)cc2[C-]=O)C3)OC1.[Li+].[OH-]. The Bertz CT molecular complexity index is 1280.